The maximum Gasteiger partial charge on any atom is 0.343 e. The third-order valence-corrected chi connectivity index (χ3v) is 6.69. The third kappa shape index (κ3) is 11.8. The molecule has 10 nitrogen and oxygen atoms in total. The second-order valence-electron chi connectivity index (χ2n) is 10.3. The molecule has 0 aliphatic carbocycles. The van der Waals surface area contributed by atoms with E-state index in [9.17, 15) is 36.7 Å². The summed E-state index contributed by atoms with van der Waals surface area (Å²) in [5, 5.41) is 0. The Balaban J connectivity index is 1.51. The van der Waals surface area contributed by atoms with Crippen LogP contribution >= 0.6 is 0 Å². The summed E-state index contributed by atoms with van der Waals surface area (Å²) in [5.41, 5.74) is -0.425. The maximum atomic E-state index is 14.8. The summed E-state index contributed by atoms with van der Waals surface area (Å²) in [6.07, 6.45) is 6.09. The van der Waals surface area contributed by atoms with Crippen molar-refractivity contribution < 1.29 is 65.2 Å². The molecule has 0 spiro atoms. The highest BCUT2D eigenvalue weighted by Gasteiger charge is 2.31. The van der Waals surface area contributed by atoms with Crippen molar-refractivity contribution in [2.45, 2.75) is 38.5 Å². The molecule has 0 aromatic heterocycles. The molecular formula is C36H34F4O10. The van der Waals surface area contributed by atoms with Crippen LogP contribution in [0, 0.1) is 23.3 Å². The Kier molecular flexibility index (Phi) is 15.5. The van der Waals surface area contributed by atoms with Crippen LogP contribution in [0.15, 0.2) is 73.8 Å². The molecule has 14 heteroatoms. The summed E-state index contributed by atoms with van der Waals surface area (Å²) in [5.74, 6) is -14.7. The standard InChI is InChI=1S/C36H34F4O10/c1-3-27(41)47-21-9-5-7-19-45-25-15-11-23(12-16-25)35(43)49-33-29(37)31(39)34(32(40)30(33)38)50-36(44)24-13-17-26(18-14-24)46-20-8-6-10-22-48-28(42)4-2/h3-4,11-18H,1-2,5-10,19-22H2. The van der Waals surface area contributed by atoms with Crippen molar-refractivity contribution >= 4 is 23.9 Å². The van der Waals surface area contributed by atoms with E-state index in [0.717, 1.165) is 12.2 Å². The number of ether oxygens (including phenoxy) is 6. The lowest BCUT2D eigenvalue weighted by atomic mass is 10.2. The first-order valence-corrected chi connectivity index (χ1v) is 15.4. The molecule has 0 saturated carbocycles. The second kappa shape index (κ2) is 20.0. The Hall–Kier alpha value is -5.66. The highest BCUT2D eigenvalue weighted by Crippen LogP contribution is 2.35. The fourth-order valence-corrected chi connectivity index (χ4v) is 4.05. The number of benzene rings is 3. The second-order valence-corrected chi connectivity index (χ2v) is 10.3. The molecule has 0 heterocycles. The number of carbonyl (C=O) groups is 4. The molecule has 0 atom stereocenters. The van der Waals surface area contributed by atoms with Gasteiger partial charge in [0.2, 0.25) is 34.8 Å². The van der Waals surface area contributed by atoms with Crippen LogP contribution < -0.4 is 18.9 Å². The topological polar surface area (TPSA) is 124 Å². The van der Waals surface area contributed by atoms with Gasteiger partial charge in [-0.3, -0.25) is 0 Å². The van der Waals surface area contributed by atoms with Crippen LogP contribution in [0.2, 0.25) is 0 Å². The van der Waals surface area contributed by atoms with E-state index in [4.69, 9.17) is 18.9 Å². The highest BCUT2D eigenvalue weighted by atomic mass is 19.2. The summed E-state index contributed by atoms with van der Waals surface area (Å²) in [7, 11) is 0. The fourth-order valence-electron chi connectivity index (χ4n) is 4.05. The molecule has 0 amide bonds. The van der Waals surface area contributed by atoms with Gasteiger partial charge in [-0.05, 0) is 87.1 Å². The molecule has 3 aromatic carbocycles. The first-order chi connectivity index (χ1) is 24.0. The zero-order valence-electron chi connectivity index (χ0n) is 26.9. The number of rotatable bonds is 20. The normalized spacial score (nSPS) is 10.5. The largest absolute Gasteiger partial charge is 0.494 e. The van der Waals surface area contributed by atoms with E-state index in [1.807, 2.05) is 0 Å². The molecule has 0 fully saturated rings. The van der Waals surface area contributed by atoms with Gasteiger partial charge in [0.15, 0.2) is 0 Å². The number of hydrogen-bond donors (Lipinski definition) is 0. The molecule has 0 unspecified atom stereocenters. The summed E-state index contributed by atoms with van der Waals surface area (Å²) >= 11 is 0. The smallest absolute Gasteiger partial charge is 0.343 e. The van der Waals surface area contributed by atoms with Crippen molar-refractivity contribution in [3.05, 3.63) is 108 Å². The van der Waals surface area contributed by atoms with Crippen molar-refractivity contribution in [3.8, 4) is 23.0 Å². The van der Waals surface area contributed by atoms with E-state index in [1.165, 1.54) is 48.5 Å². The van der Waals surface area contributed by atoms with Gasteiger partial charge in [-0.25, -0.2) is 19.2 Å². The molecule has 3 rings (SSSR count). The lowest BCUT2D eigenvalue weighted by Crippen LogP contribution is -2.16. The highest BCUT2D eigenvalue weighted by molar-refractivity contribution is 5.92. The van der Waals surface area contributed by atoms with Crippen LogP contribution in [0.3, 0.4) is 0 Å². The van der Waals surface area contributed by atoms with E-state index >= 15 is 0 Å². The number of hydrogen-bond acceptors (Lipinski definition) is 10. The number of esters is 4. The van der Waals surface area contributed by atoms with Gasteiger partial charge in [0.1, 0.15) is 11.5 Å². The fraction of sp³-hybridized carbons (Fsp3) is 0.278. The predicted molar refractivity (Wildman–Crippen MR) is 170 cm³/mol. The summed E-state index contributed by atoms with van der Waals surface area (Å²) < 4.78 is 89.2. The Morgan fingerprint density at radius 2 is 0.820 bits per heavy atom. The minimum absolute atomic E-state index is 0.213. The van der Waals surface area contributed by atoms with Crippen LogP contribution in [-0.4, -0.2) is 50.3 Å². The average molecular weight is 703 g/mol. The van der Waals surface area contributed by atoms with Crippen LogP contribution in [0.5, 0.6) is 23.0 Å². The Morgan fingerprint density at radius 3 is 1.14 bits per heavy atom. The molecular weight excluding hydrogens is 668 g/mol. The first-order valence-electron chi connectivity index (χ1n) is 15.4. The summed E-state index contributed by atoms with van der Waals surface area (Å²) in [4.78, 5) is 47.0. The van der Waals surface area contributed by atoms with Crippen molar-refractivity contribution in [3.63, 3.8) is 0 Å². The molecule has 266 valence electrons. The molecule has 0 bridgehead atoms. The molecule has 0 aliphatic rings. The maximum absolute atomic E-state index is 14.8. The van der Waals surface area contributed by atoms with Crippen molar-refractivity contribution in [1.29, 1.82) is 0 Å². The number of unbranched alkanes of at least 4 members (excludes halogenated alkanes) is 4. The SMILES string of the molecule is C=CC(=O)OCCCCCOc1ccc(C(=O)Oc2c(F)c(F)c(OC(=O)c3ccc(OCCCCCOC(=O)C=C)cc3)c(F)c2F)cc1. The molecule has 3 aromatic rings. The quantitative estimate of drug-likeness (QED) is 0.0297. The monoisotopic (exact) mass is 702 g/mol. The van der Waals surface area contributed by atoms with Crippen LogP contribution in [0.1, 0.15) is 59.2 Å². The Morgan fingerprint density at radius 1 is 0.500 bits per heavy atom. The van der Waals surface area contributed by atoms with Gasteiger partial charge in [0, 0.05) is 12.2 Å². The van der Waals surface area contributed by atoms with Crippen molar-refractivity contribution in [2.24, 2.45) is 0 Å². The Labute approximate surface area is 285 Å². The lowest BCUT2D eigenvalue weighted by Gasteiger charge is -2.13. The van der Waals surface area contributed by atoms with Gasteiger partial charge in [-0.15, -0.1) is 0 Å². The van der Waals surface area contributed by atoms with Crippen molar-refractivity contribution in [1.82, 2.24) is 0 Å². The van der Waals surface area contributed by atoms with E-state index < -0.39 is 58.6 Å². The van der Waals surface area contributed by atoms with Crippen molar-refractivity contribution in [2.75, 3.05) is 26.4 Å². The lowest BCUT2D eigenvalue weighted by molar-refractivity contribution is -0.138. The predicted octanol–water partition coefficient (Wildman–Crippen LogP) is 7.24. The zero-order chi connectivity index (χ0) is 36.5. The van der Waals surface area contributed by atoms with Crippen LogP contribution in [-0.2, 0) is 19.1 Å². The van der Waals surface area contributed by atoms with Gasteiger partial charge >= 0.3 is 23.9 Å². The van der Waals surface area contributed by atoms with Gasteiger partial charge in [0.25, 0.3) is 0 Å². The Bertz CT molecular complexity index is 1510. The van der Waals surface area contributed by atoms with Crippen LogP contribution in [0.25, 0.3) is 0 Å². The van der Waals surface area contributed by atoms with Gasteiger partial charge in [0.05, 0.1) is 37.6 Å². The molecule has 0 aliphatic heterocycles. The van der Waals surface area contributed by atoms with E-state index in [2.05, 4.69) is 22.6 Å². The van der Waals surface area contributed by atoms with E-state index in [1.54, 1.807) is 0 Å². The van der Waals surface area contributed by atoms with Gasteiger partial charge in [-0.1, -0.05) is 13.2 Å². The summed E-state index contributed by atoms with van der Waals surface area (Å²) in [6, 6.07) is 10.4. The molecule has 0 radical (unpaired) electrons. The zero-order valence-corrected chi connectivity index (χ0v) is 26.9. The molecule has 50 heavy (non-hydrogen) atoms. The number of halogens is 4. The van der Waals surface area contributed by atoms with Gasteiger partial charge < -0.3 is 28.4 Å². The van der Waals surface area contributed by atoms with E-state index in [0.29, 0.717) is 63.2 Å². The minimum atomic E-state index is -2.10. The van der Waals surface area contributed by atoms with Crippen LogP contribution in [0.4, 0.5) is 17.6 Å². The molecule has 0 saturated heterocycles. The molecule has 0 N–H and O–H groups in total. The van der Waals surface area contributed by atoms with E-state index in [-0.39, 0.29) is 24.3 Å². The summed E-state index contributed by atoms with van der Waals surface area (Å²) in [6.45, 7) is 7.72. The van der Waals surface area contributed by atoms with Gasteiger partial charge in [-0.2, -0.15) is 17.6 Å². The minimum Gasteiger partial charge on any atom is -0.494 e. The first kappa shape index (κ1) is 38.8. The number of carbonyl (C=O) groups excluding carboxylic acids is 4. The average Bonchev–Trinajstić information content (AvgIpc) is 3.13. The third-order valence-electron chi connectivity index (χ3n) is 6.69.